The summed E-state index contributed by atoms with van der Waals surface area (Å²) in [5.41, 5.74) is 2.22. The molecule has 2 unspecified atom stereocenters. The van der Waals surface area contributed by atoms with Crippen LogP contribution in [0.1, 0.15) is 52.7 Å². The first-order valence-corrected chi connectivity index (χ1v) is 14.3. The molecule has 2 aliphatic rings. The van der Waals surface area contributed by atoms with Crippen LogP contribution in [-0.2, 0) is 19.1 Å². The van der Waals surface area contributed by atoms with E-state index in [-0.39, 0.29) is 29.8 Å². The number of benzene rings is 3. The highest BCUT2D eigenvalue weighted by Gasteiger charge is 2.44. The van der Waals surface area contributed by atoms with Crippen molar-refractivity contribution < 1.29 is 32.2 Å². The van der Waals surface area contributed by atoms with E-state index in [1.54, 1.807) is 20.3 Å². The van der Waals surface area contributed by atoms with Gasteiger partial charge in [-0.2, -0.15) is 13.2 Å². The molecule has 0 aromatic heterocycles. The summed E-state index contributed by atoms with van der Waals surface area (Å²) in [5.74, 6) is 1.66. The molecule has 224 valence electrons. The Morgan fingerprint density at radius 2 is 1.57 bits per heavy atom. The van der Waals surface area contributed by atoms with Gasteiger partial charge in [0.2, 0.25) is 0 Å². The Morgan fingerprint density at radius 3 is 2.21 bits per heavy atom. The Labute approximate surface area is 245 Å². The van der Waals surface area contributed by atoms with Gasteiger partial charge in [-0.3, -0.25) is 4.79 Å². The second-order valence-electron chi connectivity index (χ2n) is 11.2. The number of halogens is 3. The van der Waals surface area contributed by atoms with Crippen LogP contribution < -0.4 is 14.2 Å². The number of alkyl halides is 3. The maximum absolute atomic E-state index is 13.5. The molecule has 5 rings (SSSR count). The Bertz CT molecular complexity index is 1360. The van der Waals surface area contributed by atoms with Crippen molar-refractivity contribution in [2.24, 2.45) is 0 Å². The third-order valence-corrected chi connectivity index (χ3v) is 8.27. The molecule has 42 heavy (non-hydrogen) atoms. The zero-order valence-corrected chi connectivity index (χ0v) is 24.2. The molecular formula is C33H37F3N2O4. The summed E-state index contributed by atoms with van der Waals surface area (Å²) >= 11 is 0. The summed E-state index contributed by atoms with van der Waals surface area (Å²) in [4.78, 5) is 17.7. The first kappa shape index (κ1) is 29.8. The number of likely N-dealkylation sites (N-methyl/N-ethyl adjacent to an activating group) is 1. The lowest BCUT2D eigenvalue weighted by molar-refractivity contribution is -0.137. The maximum atomic E-state index is 13.5. The van der Waals surface area contributed by atoms with E-state index in [2.05, 4.69) is 11.9 Å². The van der Waals surface area contributed by atoms with E-state index in [1.807, 2.05) is 47.4 Å². The van der Waals surface area contributed by atoms with Gasteiger partial charge in [-0.1, -0.05) is 24.3 Å². The van der Waals surface area contributed by atoms with E-state index in [9.17, 15) is 18.0 Å². The highest BCUT2D eigenvalue weighted by atomic mass is 19.4. The van der Waals surface area contributed by atoms with Gasteiger partial charge in [0.15, 0.2) is 11.5 Å². The molecule has 2 saturated heterocycles. The van der Waals surface area contributed by atoms with Gasteiger partial charge in [0.25, 0.3) is 5.91 Å². The third kappa shape index (κ3) is 6.84. The summed E-state index contributed by atoms with van der Waals surface area (Å²) in [6.07, 6.45) is -0.784. The number of hydrogen-bond donors (Lipinski definition) is 0. The molecule has 2 atom stereocenters. The van der Waals surface area contributed by atoms with Crippen molar-refractivity contribution in [1.29, 1.82) is 0 Å². The topological polar surface area (TPSA) is 51.2 Å². The molecule has 2 bridgehead atoms. The molecular weight excluding hydrogens is 545 g/mol. The van der Waals surface area contributed by atoms with Crippen LogP contribution in [-0.4, -0.2) is 61.7 Å². The number of carbonyl (C=O) groups is 1. The van der Waals surface area contributed by atoms with E-state index in [4.69, 9.17) is 14.2 Å². The first-order chi connectivity index (χ1) is 20.1. The number of hydrogen-bond acceptors (Lipinski definition) is 5. The number of fused-ring (bicyclic) bond motifs is 2. The molecule has 0 radical (unpaired) electrons. The van der Waals surface area contributed by atoms with Crippen LogP contribution in [0.4, 0.5) is 13.2 Å². The molecule has 9 heteroatoms. The number of rotatable bonds is 10. The molecule has 2 aliphatic heterocycles. The molecule has 0 N–H and O–H groups in total. The smallest absolute Gasteiger partial charge is 0.416 e. The minimum atomic E-state index is -4.41. The Hall–Kier alpha value is -3.72. The second kappa shape index (κ2) is 12.7. The van der Waals surface area contributed by atoms with E-state index >= 15 is 0 Å². The average Bonchev–Trinajstić information content (AvgIpc) is 3.25. The average molecular weight is 583 g/mol. The van der Waals surface area contributed by atoms with Gasteiger partial charge in [0.05, 0.1) is 19.8 Å². The van der Waals surface area contributed by atoms with Crippen molar-refractivity contribution >= 4 is 5.91 Å². The van der Waals surface area contributed by atoms with Crippen LogP contribution in [0.3, 0.4) is 0 Å². The maximum Gasteiger partial charge on any atom is 0.416 e. The third-order valence-electron chi connectivity index (χ3n) is 8.27. The van der Waals surface area contributed by atoms with Gasteiger partial charge >= 0.3 is 6.18 Å². The minimum Gasteiger partial charge on any atom is -0.493 e. The fourth-order valence-corrected chi connectivity index (χ4v) is 6.14. The summed E-state index contributed by atoms with van der Waals surface area (Å²) < 4.78 is 56.0. The molecule has 0 saturated carbocycles. The van der Waals surface area contributed by atoms with Crippen LogP contribution in [0.5, 0.6) is 17.2 Å². The standard InChI is InChI=1S/C33H37F3N2O4/c1-37(16-15-22-9-14-30(40-2)31(17-22)41-3)21-23-7-10-24(11-8-23)32(39)38-26-12-13-27(38)20-29(19-26)42-28-6-4-5-25(18-28)33(34,35)36/h4-11,14,17-18,26-27,29H,12-13,15-16,19-21H2,1-3H3. The van der Waals surface area contributed by atoms with E-state index < -0.39 is 11.7 Å². The quantitative estimate of drug-likeness (QED) is 0.269. The molecule has 1 amide bonds. The SMILES string of the molecule is COc1ccc(CCN(C)Cc2ccc(C(=O)N3C4CCC3CC(Oc3cccc(C(F)(F)F)c3)C4)cc2)cc1OC. The minimum absolute atomic E-state index is 0.00776. The molecule has 6 nitrogen and oxygen atoms in total. The normalized spacial score (nSPS) is 20.1. The van der Waals surface area contributed by atoms with Crippen molar-refractivity contribution in [1.82, 2.24) is 9.80 Å². The zero-order chi connectivity index (χ0) is 29.9. The Morgan fingerprint density at radius 1 is 0.905 bits per heavy atom. The summed E-state index contributed by atoms with van der Waals surface area (Å²) in [7, 11) is 5.33. The van der Waals surface area contributed by atoms with Gasteiger partial charge in [-0.15, -0.1) is 0 Å². The number of methoxy groups -OCH3 is 2. The fourth-order valence-electron chi connectivity index (χ4n) is 6.14. The van der Waals surface area contributed by atoms with Crippen LogP contribution in [0.2, 0.25) is 0 Å². The lowest BCUT2D eigenvalue weighted by atomic mass is 9.98. The second-order valence-corrected chi connectivity index (χ2v) is 11.2. The predicted octanol–water partition coefficient (Wildman–Crippen LogP) is 6.61. The lowest BCUT2D eigenvalue weighted by Gasteiger charge is -2.39. The van der Waals surface area contributed by atoms with E-state index in [0.29, 0.717) is 24.2 Å². The van der Waals surface area contributed by atoms with Crippen molar-refractivity contribution in [3.05, 3.63) is 89.0 Å². The van der Waals surface area contributed by atoms with E-state index in [0.717, 1.165) is 55.8 Å². The van der Waals surface area contributed by atoms with Crippen LogP contribution in [0.15, 0.2) is 66.7 Å². The molecule has 0 aliphatic carbocycles. The van der Waals surface area contributed by atoms with Crippen LogP contribution >= 0.6 is 0 Å². The monoisotopic (exact) mass is 582 g/mol. The van der Waals surface area contributed by atoms with Crippen molar-refractivity contribution in [3.63, 3.8) is 0 Å². The molecule has 0 spiro atoms. The zero-order valence-electron chi connectivity index (χ0n) is 24.2. The number of carbonyl (C=O) groups excluding carboxylic acids is 1. The number of piperidine rings is 1. The highest BCUT2D eigenvalue weighted by molar-refractivity contribution is 5.95. The molecule has 3 aromatic rings. The van der Waals surface area contributed by atoms with Gasteiger partial charge < -0.3 is 24.0 Å². The number of nitrogens with zero attached hydrogens (tertiary/aromatic N) is 2. The van der Waals surface area contributed by atoms with Gasteiger partial charge in [0, 0.05) is 43.6 Å². The van der Waals surface area contributed by atoms with Crippen molar-refractivity contribution in [2.75, 3.05) is 27.8 Å². The van der Waals surface area contributed by atoms with Crippen LogP contribution in [0.25, 0.3) is 0 Å². The summed E-state index contributed by atoms with van der Waals surface area (Å²) in [5, 5.41) is 0. The lowest BCUT2D eigenvalue weighted by Crippen LogP contribution is -2.49. The predicted molar refractivity (Wildman–Crippen MR) is 154 cm³/mol. The first-order valence-electron chi connectivity index (χ1n) is 14.3. The summed E-state index contributed by atoms with van der Waals surface area (Å²) in [6, 6.07) is 18.8. The van der Waals surface area contributed by atoms with Crippen LogP contribution in [0, 0.1) is 0 Å². The highest BCUT2D eigenvalue weighted by Crippen LogP contribution is 2.39. The Balaban J connectivity index is 1.14. The van der Waals surface area contributed by atoms with Gasteiger partial charge in [0.1, 0.15) is 11.9 Å². The van der Waals surface area contributed by atoms with E-state index in [1.165, 1.54) is 11.6 Å². The van der Waals surface area contributed by atoms with Gasteiger partial charge in [-0.25, -0.2) is 0 Å². The summed E-state index contributed by atoms with van der Waals surface area (Å²) in [6.45, 7) is 1.61. The Kier molecular flexibility index (Phi) is 8.96. The number of ether oxygens (including phenoxy) is 3. The van der Waals surface area contributed by atoms with Gasteiger partial charge in [-0.05, 0) is 79.9 Å². The molecule has 2 fully saturated rings. The fraction of sp³-hybridized carbons (Fsp3) is 0.424. The molecule has 3 aromatic carbocycles. The largest absolute Gasteiger partial charge is 0.493 e. The van der Waals surface area contributed by atoms with Crippen molar-refractivity contribution in [3.8, 4) is 17.2 Å². The van der Waals surface area contributed by atoms with Crippen molar-refractivity contribution in [2.45, 2.75) is 63.0 Å². The molecule has 2 heterocycles. The number of amides is 1.